The Kier molecular flexibility index (Phi) is 3.44. The summed E-state index contributed by atoms with van der Waals surface area (Å²) >= 11 is 2.19. The first kappa shape index (κ1) is 11.7. The van der Waals surface area contributed by atoms with Crippen molar-refractivity contribution in [3.8, 4) is 17.7 Å². The molecule has 0 aliphatic heterocycles. The normalized spacial score (nSPS) is 9.65. The number of rotatable bonds is 2. The average molecular weight is 337 g/mol. The average Bonchev–Trinajstić information content (AvgIpc) is 2.31. The zero-order chi connectivity index (χ0) is 12.3. The summed E-state index contributed by atoms with van der Waals surface area (Å²) in [4.78, 5) is 4.00. The van der Waals surface area contributed by atoms with Gasteiger partial charge in [0.15, 0.2) is 0 Å². The first-order valence-electron chi connectivity index (χ1n) is 4.78. The number of benzene rings is 1. The van der Waals surface area contributed by atoms with Crippen LogP contribution in [0.3, 0.4) is 0 Å². The summed E-state index contributed by atoms with van der Waals surface area (Å²) < 4.78 is 6.59. The second-order valence-electron chi connectivity index (χ2n) is 3.29. The lowest BCUT2D eigenvalue weighted by Crippen LogP contribution is -1.94. The Morgan fingerprint density at radius 3 is 2.88 bits per heavy atom. The van der Waals surface area contributed by atoms with E-state index in [-0.39, 0.29) is 5.88 Å². The van der Waals surface area contributed by atoms with E-state index in [9.17, 15) is 0 Å². The molecule has 2 rings (SSSR count). The Morgan fingerprint density at radius 2 is 2.18 bits per heavy atom. The number of hydrogen-bond donors (Lipinski definition) is 1. The molecular formula is C12H8IN3O. The zero-order valence-electron chi connectivity index (χ0n) is 8.72. The Hall–Kier alpha value is -1.81. The number of nitriles is 1. The molecule has 0 unspecified atom stereocenters. The molecule has 0 fully saturated rings. The molecule has 2 N–H and O–H groups in total. The molecule has 0 spiro atoms. The standard InChI is InChI=1S/C12H8IN3O/c13-9-2-1-3-11(5-9)17-12-8(6-14)4-10(15)7-16-12/h1-5,7H,15H2. The highest BCUT2D eigenvalue weighted by Gasteiger charge is 2.07. The second-order valence-corrected chi connectivity index (χ2v) is 4.54. The van der Waals surface area contributed by atoms with Gasteiger partial charge in [-0.15, -0.1) is 0 Å². The van der Waals surface area contributed by atoms with Crippen molar-refractivity contribution in [2.45, 2.75) is 0 Å². The Bertz CT molecular complexity index is 593. The van der Waals surface area contributed by atoms with Gasteiger partial charge < -0.3 is 10.5 Å². The summed E-state index contributed by atoms with van der Waals surface area (Å²) in [6.45, 7) is 0. The number of halogens is 1. The van der Waals surface area contributed by atoms with E-state index in [4.69, 9.17) is 15.7 Å². The summed E-state index contributed by atoms with van der Waals surface area (Å²) in [5, 5.41) is 8.95. The molecule has 0 atom stereocenters. The van der Waals surface area contributed by atoms with Crippen LogP contribution >= 0.6 is 22.6 Å². The number of ether oxygens (including phenoxy) is 1. The second kappa shape index (κ2) is 5.01. The SMILES string of the molecule is N#Cc1cc(N)cnc1Oc1cccc(I)c1. The Balaban J connectivity index is 2.34. The van der Waals surface area contributed by atoms with Crippen molar-refractivity contribution < 1.29 is 4.74 Å². The van der Waals surface area contributed by atoms with Gasteiger partial charge in [0.05, 0.1) is 11.9 Å². The van der Waals surface area contributed by atoms with Gasteiger partial charge in [0.1, 0.15) is 17.4 Å². The fourth-order valence-electron chi connectivity index (χ4n) is 1.27. The summed E-state index contributed by atoms with van der Waals surface area (Å²) in [5.74, 6) is 0.911. The van der Waals surface area contributed by atoms with Crippen molar-refractivity contribution in [1.82, 2.24) is 4.98 Å². The molecule has 84 valence electrons. The van der Waals surface area contributed by atoms with E-state index in [0.29, 0.717) is 17.0 Å². The highest BCUT2D eigenvalue weighted by molar-refractivity contribution is 14.1. The number of nitrogens with zero attached hydrogens (tertiary/aromatic N) is 2. The molecule has 17 heavy (non-hydrogen) atoms. The van der Waals surface area contributed by atoms with Crippen molar-refractivity contribution in [2.24, 2.45) is 0 Å². The quantitative estimate of drug-likeness (QED) is 0.856. The van der Waals surface area contributed by atoms with Crippen LogP contribution in [0.2, 0.25) is 0 Å². The van der Waals surface area contributed by atoms with Crippen molar-refractivity contribution in [3.63, 3.8) is 0 Å². The van der Waals surface area contributed by atoms with Crippen LogP contribution in [-0.4, -0.2) is 4.98 Å². The largest absolute Gasteiger partial charge is 0.438 e. The third-order valence-corrected chi connectivity index (χ3v) is 2.67. The van der Waals surface area contributed by atoms with E-state index in [1.807, 2.05) is 24.3 Å². The van der Waals surface area contributed by atoms with Crippen LogP contribution in [0.5, 0.6) is 11.6 Å². The van der Waals surface area contributed by atoms with Crippen LogP contribution in [0.1, 0.15) is 5.56 Å². The van der Waals surface area contributed by atoms with E-state index < -0.39 is 0 Å². The number of nitrogen functional groups attached to an aromatic ring is 1. The van der Waals surface area contributed by atoms with Gasteiger partial charge in [-0.2, -0.15) is 5.26 Å². The van der Waals surface area contributed by atoms with Crippen LogP contribution in [0.25, 0.3) is 0 Å². The van der Waals surface area contributed by atoms with E-state index in [2.05, 4.69) is 27.6 Å². The number of anilines is 1. The van der Waals surface area contributed by atoms with Gasteiger partial charge in [-0.1, -0.05) is 6.07 Å². The fraction of sp³-hybridized carbons (Fsp3) is 0. The lowest BCUT2D eigenvalue weighted by Gasteiger charge is -2.06. The predicted molar refractivity (Wildman–Crippen MR) is 72.6 cm³/mol. The highest BCUT2D eigenvalue weighted by atomic mass is 127. The van der Waals surface area contributed by atoms with Gasteiger partial charge in [-0.25, -0.2) is 4.98 Å². The Labute approximate surface area is 112 Å². The summed E-state index contributed by atoms with van der Waals surface area (Å²) in [6.07, 6.45) is 1.46. The molecule has 0 saturated heterocycles. The number of aromatic nitrogens is 1. The van der Waals surface area contributed by atoms with E-state index in [0.717, 1.165) is 3.57 Å². The molecule has 0 aliphatic carbocycles. The van der Waals surface area contributed by atoms with Crippen LogP contribution in [-0.2, 0) is 0 Å². The third-order valence-electron chi connectivity index (χ3n) is 2.00. The van der Waals surface area contributed by atoms with Crippen molar-refractivity contribution in [1.29, 1.82) is 5.26 Å². The number of nitrogens with two attached hydrogens (primary N) is 1. The van der Waals surface area contributed by atoms with E-state index >= 15 is 0 Å². The minimum atomic E-state index is 0.267. The molecule has 1 heterocycles. The molecule has 0 radical (unpaired) electrons. The van der Waals surface area contributed by atoms with Gasteiger partial charge in [0.2, 0.25) is 5.88 Å². The van der Waals surface area contributed by atoms with Crippen LogP contribution in [0.15, 0.2) is 36.5 Å². The maximum absolute atomic E-state index is 8.95. The van der Waals surface area contributed by atoms with Crippen molar-refractivity contribution in [3.05, 3.63) is 45.7 Å². The molecule has 1 aromatic heterocycles. The third kappa shape index (κ3) is 2.85. The predicted octanol–water partition coefficient (Wildman–Crippen LogP) is 2.93. The lowest BCUT2D eigenvalue weighted by molar-refractivity contribution is 0.461. The smallest absolute Gasteiger partial charge is 0.237 e. The molecule has 0 aliphatic rings. The van der Waals surface area contributed by atoms with Crippen LogP contribution < -0.4 is 10.5 Å². The molecule has 4 nitrogen and oxygen atoms in total. The highest BCUT2D eigenvalue weighted by Crippen LogP contribution is 2.24. The minimum absolute atomic E-state index is 0.267. The van der Waals surface area contributed by atoms with Crippen molar-refractivity contribution >= 4 is 28.3 Å². The maximum atomic E-state index is 8.95. The van der Waals surface area contributed by atoms with Gasteiger partial charge in [0, 0.05) is 3.57 Å². The molecule has 5 heteroatoms. The number of pyridine rings is 1. The zero-order valence-corrected chi connectivity index (χ0v) is 10.9. The topological polar surface area (TPSA) is 71.9 Å². The van der Waals surface area contributed by atoms with E-state index in [1.54, 1.807) is 6.07 Å². The van der Waals surface area contributed by atoms with Gasteiger partial charge in [-0.05, 0) is 46.9 Å². The minimum Gasteiger partial charge on any atom is -0.438 e. The van der Waals surface area contributed by atoms with E-state index in [1.165, 1.54) is 12.3 Å². The maximum Gasteiger partial charge on any atom is 0.237 e. The summed E-state index contributed by atoms with van der Waals surface area (Å²) in [5.41, 5.74) is 6.31. The molecular weight excluding hydrogens is 329 g/mol. The fourth-order valence-corrected chi connectivity index (χ4v) is 1.79. The Morgan fingerprint density at radius 1 is 1.35 bits per heavy atom. The first-order chi connectivity index (χ1) is 8.19. The van der Waals surface area contributed by atoms with Gasteiger partial charge in [0.25, 0.3) is 0 Å². The van der Waals surface area contributed by atoms with Crippen molar-refractivity contribution in [2.75, 3.05) is 5.73 Å². The monoisotopic (exact) mass is 337 g/mol. The number of hydrogen-bond acceptors (Lipinski definition) is 4. The van der Waals surface area contributed by atoms with Crippen LogP contribution in [0.4, 0.5) is 5.69 Å². The van der Waals surface area contributed by atoms with Crippen LogP contribution in [0, 0.1) is 14.9 Å². The molecule has 0 bridgehead atoms. The molecule has 0 amide bonds. The van der Waals surface area contributed by atoms with Gasteiger partial charge >= 0.3 is 0 Å². The summed E-state index contributed by atoms with van der Waals surface area (Å²) in [7, 11) is 0. The molecule has 1 aromatic carbocycles. The first-order valence-corrected chi connectivity index (χ1v) is 5.86. The summed E-state index contributed by atoms with van der Waals surface area (Å²) in [6, 6.07) is 11.0. The molecule has 2 aromatic rings. The van der Waals surface area contributed by atoms with Gasteiger partial charge in [-0.3, -0.25) is 0 Å². The molecule has 0 saturated carbocycles. The lowest BCUT2D eigenvalue weighted by atomic mass is 10.3.